The highest BCUT2D eigenvalue weighted by molar-refractivity contribution is 6.04. The predicted molar refractivity (Wildman–Crippen MR) is 90.5 cm³/mol. The lowest BCUT2D eigenvalue weighted by atomic mass is 10.1. The fraction of sp³-hybridized carbons (Fsp3) is 0.263. The molecule has 130 valence electrons. The second-order valence-electron chi connectivity index (χ2n) is 6.20. The lowest BCUT2D eigenvalue weighted by molar-refractivity contribution is -0.118. The van der Waals surface area contributed by atoms with Gasteiger partial charge in [-0.1, -0.05) is 6.07 Å². The third-order valence-electron chi connectivity index (χ3n) is 4.49. The van der Waals surface area contributed by atoms with Crippen molar-refractivity contribution in [3.8, 4) is 0 Å². The molecule has 1 aliphatic heterocycles. The Morgan fingerprint density at radius 1 is 1.12 bits per heavy atom. The first kappa shape index (κ1) is 17.1. The van der Waals surface area contributed by atoms with Crippen molar-refractivity contribution >= 4 is 17.5 Å². The number of rotatable bonds is 3. The SMILES string of the molecule is Cc1ccc(N2CC[C@@H](NC(=O)c3ccc(F)cc3F)C2=O)cc1C. The molecule has 2 aromatic rings. The first-order chi connectivity index (χ1) is 11.9. The highest BCUT2D eigenvalue weighted by atomic mass is 19.1. The van der Waals surface area contributed by atoms with Crippen LogP contribution in [0.3, 0.4) is 0 Å². The number of nitrogens with one attached hydrogen (secondary N) is 1. The summed E-state index contributed by atoms with van der Waals surface area (Å²) in [5.74, 6) is -2.67. The molecule has 2 amide bonds. The quantitative estimate of drug-likeness (QED) is 0.930. The lowest BCUT2D eigenvalue weighted by Crippen LogP contribution is -2.41. The van der Waals surface area contributed by atoms with Gasteiger partial charge in [0.2, 0.25) is 5.91 Å². The van der Waals surface area contributed by atoms with E-state index in [9.17, 15) is 18.4 Å². The Labute approximate surface area is 144 Å². The van der Waals surface area contributed by atoms with Gasteiger partial charge >= 0.3 is 0 Å². The Hall–Kier alpha value is -2.76. The van der Waals surface area contributed by atoms with Gasteiger partial charge < -0.3 is 10.2 Å². The van der Waals surface area contributed by atoms with Crippen molar-refractivity contribution in [3.05, 3.63) is 64.7 Å². The van der Waals surface area contributed by atoms with Crippen LogP contribution in [0.1, 0.15) is 27.9 Å². The molecule has 1 aliphatic rings. The van der Waals surface area contributed by atoms with E-state index in [1.807, 2.05) is 32.0 Å². The van der Waals surface area contributed by atoms with Gasteiger partial charge in [-0.15, -0.1) is 0 Å². The van der Waals surface area contributed by atoms with Crippen LogP contribution in [0.25, 0.3) is 0 Å². The van der Waals surface area contributed by atoms with Crippen molar-refractivity contribution in [1.82, 2.24) is 5.32 Å². The maximum absolute atomic E-state index is 13.7. The molecule has 0 spiro atoms. The Balaban J connectivity index is 1.73. The van der Waals surface area contributed by atoms with Crippen LogP contribution >= 0.6 is 0 Å². The van der Waals surface area contributed by atoms with E-state index < -0.39 is 23.6 Å². The largest absolute Gasteiger partial charge is 0.340 e. The molecule has 1 saturated heterocycles. The van der Waals surface area contributed by atoms with E-state index in [1.165, 1.54) is 0 Å². The normalized spacial score (nSPS) is 17.0. The minimum Gasteiger partial charge on any atom is -0.340 e. The van der Waals surface area contributed by atoms with Gasteiger partial charge in [-0.05, 0) is 55.7 Å². The van der Waals surface area contributed by atoms with Crippen LogP contribution in [0.4, 0.5) is 14.5 Å². The van der Waals surface area contributed by atoms with Gasteiger partial charge in [0.15, 0.2) is 0 Å². The summed E-state index contributed by atoms with van der Waals surface area (Å²) < 4.78 is 26.6. The Bertz CT molecular complexity index is 851. The summed E-state index contributed by atoms with van der Waals surface area (Å²) in [6, 6.07) is 7.74. The summed E-state index contributed by atoms with van der Waals surface area (Å²) in [6.07, 6.45) is 0.431. The van der Waals surface area contributed by atoms with E-state index in [4.69, 9.17) is 0 Å². The topological polar surface area (TPSA) is 49.4 Å². The Morgan fingerprint density at radius 2 is 1.88 bits per heavy atom. The van der Waals surface area contributed by atoms with Crippen LogP contribution < -0.4 is 10.2 Å². The first-order valence-corrected chi connectivity index (χ1v) is 8.01. The van der Waals surface area contributed by atoms with Crippen LogP contribution in [0, 0.1) is 25.5 Å². The van der Waals surface area contributed by atoms with Gasteiger partial charge in [-0.2, -0.15) is 0 Å². The number of nitrogens with zero attached hydrogens (tertiary/aromatic N) is 1. The van der Waals surface area contributed by atoms with E-state index >= 15 is 0 Å². The average Bonchev–Trinajstić information content (AvgIpc) is 2.91. The van der Waals surface area contributed by atoms with Crippen LogP contribution in [0.2, 0.25) is 0 Å². The van der Waals surface area contributed by atoms with Crippen molar-refractivity contribution in [2.24, 2.45) is 0 Å². The Morgan fingerprint density at radius 3 is 2.56 bits per heavy atom. The molecule has 25 heavy (non-hydrogen) atoms. The zero-order valence-electron chi connectivity index (χ0n) is 14.0. The molecule has 0 saturated carbocycles. The average molecular weight is 344 g/mol. The van der Waals surface area contributed by atoms with Crippen LogP contribution in [0.15, 0.2) is 36.4 Å². The maximum Gasteiger partial charge on any atom is 0.254 e. The van der Waals surface area contributed by atoms with Crippen molar-refractivity contribution in [3.63, 3.8) is 0 Å². The predicted octanol–water partition coefficient (Wildman–Crippen LogP) is 3.12. The molecule has 1 atom stereocenters. The summed E-state index contributed by atoms with van der Waals surface area (Å²) in [4.78, 5) is 26.4. The monoisotopic (exact) mass is 344 g/mol. The van der Waals surface area contributed by atoms with Crippen molar-refractivity contribution in [2.45, 2.75) is 26.3 Å². The van der Waals surface area contributed by atoms with Crippen LogP contribution in [-0.4, -0.2) is 24.4 Å². The molecule has 0 unspecified atom stereocenters. The van der Waals surface area contributed by atoms with E-state index in [2.05, 4.69) is 5.32 Å². The minimum atomic E-state index is -0.950. The molecular weight excluding hydrogens is 326 g/mol. The van der Waals surface area contributed by atoms with E-state index in [-0.39, 0.29) is 11.5 Å². The second kappa shape index (κ2) is 6.63. The smallest absolute Gasteiger partial charge is 0.254 e. The third-order valence-corrected chi connectivity index (χ3v) is 4.49. The fourth-order valence-electron chi connectivity index (χ4n) is 2.87. The molecule has 4 nitrogen and oxygen atoms in total. The Kier molecular flexibility index (Phi) is 4.53. The highest BCUT2D eigenvalue weighted by Gasteiger charge is 2.34. The molecule has 6 heteroatoms. The molecule has 1 N–H and O–H groups in total. The van der Waals surface area contributed by atoms with Gasteiger partial charge in [-0.3, -0.25) is 9.59 Å². The maximum atomic E-state index is 13.7. The summed E-state index contributed by atoms with van der Waals surface area (Å²) in [7, 11) is 0. The molecule has 1 fully saturated rings. The molecule has 0 bridgehead atoms. The first-order valence-electron chi connectivity index (χ1n) is 8.01. The molecule has 0 aliphatic carbocycles. The number of anilines is 1. The zero-order chi connectivity index (χ0) is 18.1. The van der Waals surface area contributed by atoms with E-state index in [1.54, 1.807) is 4.90 Å². The number of carbonyl (C=O) groups is 2. The molecule has 3 rings (SSSR count). The molecular formula is C19H18F2N2O2. The summed E-state index contributed by atoms with van der Waals surface area (Å²) in [6.45, 7) is 4.43. The van der Waals surface area contributed by atoms with Gasteiger partial charge in [0.1, 0.15) is 17.7 Å². The summed E-state index contributed by atoms with van der Waals surface area (Å²) in [5.41, 5.74) is 2.70. The lowest BCUT2D eigenvalue weighted by Gasteiger charge is -2.18. The van der Waals surface area contributed by atoms with Gasteiger partial charge in [0.05, 0.1) is 5.56 Å². The number of carbonyl (C=O) groups excluding carboxylic acids is 2. The van der Waals surface area contributed by atoms with Crippen LogP contribution in [-0.2, 0) is 4.79 Å². The molecule has 1 heterocycles. The van der Waals surface area contributed by atoms with Gasteiger partial charge in [0, 0.05) is 18.3 Å². The van der Waals surface area contributed by atoms with Crippen molar-refractivity contribution in [2.75, 3.05) is 11.4 Å². The molecule has 2 aromatic carbocycles. The van der Waals surface area contributed by atoms with E-state index in [0.29, 0.717) is 19.0 Å². The van der Waals surface area contributed by atoms with E-state index in [0.717, 1.165) is 28.9 Å². The summed E-state index contributed by atoms with van der Waals surface area (Å²) >= 11 is 0. The van der Waals surface area contributed by atoms with Gasteiger partial charge in [-0.25, -0.2) is 8.78 Å². The molecule has 0 radical (unpaired) electrons. The number of benzene rings is 2. The van der Waals surface area contributed by atoms with Crippen molar-refractivity contribution < 1.29 is 18.4 Å². The fourth-order valence-corrected chi connectivity index (χ4v) is 2.87. The number of halogens is 2. The van der Waals surface area contributed by atoms with Crippen molar-refractivity contribution in [1.29, 1.82) is 0 Å². The summed E-state index contributed by atoms with van der Waals surface area (Å²) in [5, 5.41) is 2.54. The standard InChI is InChI=1S/C19H18F2N2O2/c1-11-3-5-14(9-12(11)2)23-8-7-17(19(23)25)22-18(24)15-6-4-13(20)10-16(15)21/h3-6,9-10,17H,7-8H2,1-2H3,(H,22,24)/t17-/m1/s1. The minimum absolute atomic E-state index is 0.237. The number of hydrogen-bond donors (Lipinski definition) is 1. The number of amides is 2. The number of aryl methyl sites for hydroxylation is 2. The van der Waals surface area contributed by atoms with Crippen LogP contribution in [0.5, 0.6) is 0 Å². The third kappa shape index (κ3) is 3.38. The highest BCUT2D eigenvalue weighted by Crippen LogP contribution is 2.24. The zero-order valence-corrected chi connectivity index (χ0v) is 14.0. The number of hydrogen-bond acceptors (Lipinski definition) is 2. The second-order valence-corrected chi connectivity index (χ2v) is 6.20. The molecule has 0 aromatic heterocycles. The van der Waals surface area contributed by atoms with Gasteiger partial charge in [0.25, 0.3) is 5.91 Å².